The van der Waals surface area contributed by atoms with Crippen molar-refractivity contribution in [2.75, 3.05) is 12.4 Å². The molecule has 3 rings (SSSR count). The zero-order valence-electron chi connectivity index (χ0n) is 16.0. The van der Waals surface area contributed by atoms with E-state index in [0.717, 1.165) is 16.8 Å². The van der Waals surface area contributed by atoms with Crippen molar-refractivity contribution >= 4 is 34.6 Å². The van der Waals surface area contributed by atoms with Crippen molar-refractivity contribution in [3.05, 3.63) is 102 Å². The Balaban J connectivity index is 2.02. The zero-order chi connectivity index (χ0) is 20.6. The summed E-state index contributed by atoms with van der Waals surface area (Å²) in [5.74, 6) is 0.445. The summed E-state index contributed by atoms with van der Waals surface area (Å²) in [6, 6.07) is 25.6. The molecule has 0 aliphatic rings. The fourth-order valence-corrected chi connectivity index (χ4v) is 3.28. The van der Waals surface area contributed by atoms with Crippen LogP contribution in [0.25, 0.3) is 5.57 Å². The lowest BCUT2D eigenvalue weighted by atomic mass is 9.96. The van der Waals surface area contributed by atoms with E-state index in [-0.39, 0.29) is 11.5 Å². The van der Waals surface area contributed by atoms with E-state index in [2.05, 4.69) is 5.32 Å². The summed E-state index contributed by atoms with van der Waals surface area (Å²) in [7, 11) is 1.60. The number of benzene rings is 3. The second kappa shape index (κ2) is 9.66. The number of carbonyl (C=O) groups is 1. The number of hydrogen-bond acceptors (Lipinski definition) is 5. The van der Waals surface area contributed by atoms with Crippen LogP contribution in [0.1, 0.15) is 17.2 Å². The molecule has 0 fully saturated rings. The van der Waals surface area contributed by atoms with E-state index in [9.17, 15) is 4.79 Å². The van der Waals surface area contributed by atoms with Crippen LogP contribution in [0.4, 0.5) is 5.69 Å². The van der Waals surface area contributed by atoms with Crippen LogP contribution in [0.2, 0.25) is 0 Å². The molecular weight excluding hydrogens is 380 g/mol. The van der Waals surface area contributed by atoms with Gasteiger partial charge in [0.2, 0.25) is 5.78 Å². The molecule has 0 aromatic heterocycles. The number of thiocarbonyl (C=S) groups is 1. The molecule has 146 valence electrons. The highest BCUT2D eigenvalue weighted by molar-refractivity contribution is 7.79. The third kappa shape index (κ3) is 4.89. The molecule has 1 unspecified atom stereocenters. The monoisotopic (exact) mass is 402 g/mol. The Kier molecular flexibility index (Phi) is 6.76. The molecule has 29 heavy (non-hydrogen) atoms. The molecule has 0 radical (unpaired) electrons. The van der Waals surface area contributed by atoms with Crippen LogP contribution in [-0.2, 0) is 4.79 Å². The van der Waals surface area contributed by atoms with Gasteiger partial charge in [-0.05, 0) is 23.3 Å². The van der Waals surface area contributed by atoms with Gasteiger partial charge in [-0.2, -0.15) is 0 Å². The summed E-state index contributed by atoms with van der Waals surface area (Å²) in [5.41, 5.74) is 9.35. The Morgan fingerprint density at radius 2 is 1.66 bits per heavy atom. The van der Waals surface area contributed by atoms with Crippen LogP contribution < -0.4 is 15.8 Å². The molecule has 4 nitrogen and oxygen atoms in total. The summed E-state index contributed by atoms with van der Waals surface area (Å²) in [6.07, 6.45) is 0. The maximum absolute atomic E-state index is 13.4. The molecule has 1 atom stereocenters. The first-order chi connectivity index (χ1) is 14.1. The van der Waals surface area contributed by atoms with E-state index < -0.39 is 6.04 Å². The number of methoxy groups -OCH3 is 1. The normalized spacial score (nSPS) is 12.4. The maximum Gasteiger partial charge on any atom is 0.205 e. The fourth-order valence-electron chi connectivity index (χ4n) is 3.02. The highest BCUT2D eigenvalue weighted by atomic mass is 32.1. The van der Waals surface area contributed by atoms with Crippen LogP contribution in [0.5, 0.6) is 5.75 Å². The van der Waals surface area contributed by atoms with Gasteiger partial charge in [-0.1, -0.05) is 78.9 Å². The number of anilines is 1. The summed E-state index contributed by atoms with van der Waals surface area (Å²) < 4.78 is 5.29. The van der Waals surface area contributed by atoms with Gasteiger partial charge in [0.15, 0.2) is 0 Å². The SMILES string of the molecule is COc1cccc(NC(C(=O)C(N)=C(C=S)c2ccccc2)c2ccccc2)c1. The van der Waals surface area contributed by atoms with Crippen molar-refractivity contribution in [1.82, 2.24) is 0 Å². The van der Waals surface area contributed by atoms with Crippen LogP contribution in [0.3, 0.4) is 0 Å². The first-order valence-corrected chi connectivity index (χ1v) is 9.61. The van der Waals surface area contributed by atoms with Gasteiger partial charge in [-0.15, -0.1) is 0 Å². The van der Waals surface area contributed by atoms with Crippen LogP contribution in [0, 0.1) is 0 Å². The summed E-state index contributed by atoms with van der Waals surface area (Å²) in [5, 5.41) is 4.74. The quantitative estimate of drug-likeness (QED) is 0.419. The molecule has 0 saturated carbocycles. The minimum atomic E-state index is -0.669. The predicted molar refractivity (Wildman–Crippen MR) is 122 cm³/mol. The van der Waals surface area contributed by atoms with E-state index in [1.165, 1.54) is 5.37 Å². The number of ketones is 1. The molecule has 0 amide bonds. The third-order valence-electron chi connectivity index (χ3n) is 4.53. The Morgan fingerprint density at radius 1 is 1.00 bits per heavy atom. The van der Waals surface area contributed by atoms with Crippen molar-refractivity contribution in [3.8, 4) is 5.75 Å². The van der Waals surface area contributed by atoms with Gasteiger partial charge in [0.25, 0.3) is 0 Å². The lowest BCUT2D eigenvalue weighted by molar-refractivity contribution is -0.116. The van der Waals surface area contributed by atoms with Crippen molar-refractivity contribution in [2.24, 2.45) is 5.73 Å². The summed E-state index contributed by atoms with van der Waals surface area (Å²) in [4.78, 5) is 13.4. The Bertz CT molecular complexity index is 1020. The van der Waals surface area contributed by atoms with Gasteiger partial charge < -0.3 is 15.8 Å². The van der Waals surface area contributed by atoms with E-state index in [4.69, 9.17) is 22.7 Å². The number of allylic oxidation sites excluding steroid dienone is 1. The molecule has 3 aromatic rings. The average Bonchev–Trinajstić information content (AvgIpc) is 2.79. The van der Waals surface area contributed by atoms with Gasteiger partial charge >= 0.3 is 0 Å². The van der Waals surface area contributed by atoms with Gasteiger partial charge in [0.05, 0.1) is 12.8 Å². The lowest BCUT2D eigenvalue weighted by Crippen LogP contribution is -2.27. The van der Waals surface area contributed by atoms with Crippen LogP contribution >= 0.6 is 12.2 Å². The van der Waals surface area contributed by atoms with Crippen molar-refractivity contribution in [2.45, 2.75) is 6.04 Å². The Hall–Kier alpha value is -3.44. The van der Waals surface area contributed by atoms with Crippen LogP contribution in [0.15, 0.2) is 90.6 Å². The third-order valence-corrected chi connectivity index (χ3v) is 4.77. The summed E-state index contributed by atoms with van der Waals surface area (Å²) >= 11 is 5.16. The smallest absolute Gasteiger partial charge is 0.205 e. The molecule has 0 saturated heterocycles. The van der Waals surface area contributed by atoms with Gasteiger partial charge in [-0.25, -0.2) is 0 Å². The van der Waals surface area contributed by atoms with E-state index in [1.807, 2.05) is 84.9 Å². The maximum atomic E-state index is 13.4. The second-order valence-electron chi connectivity index (χ2n) is 6.40. The van der Waals surface area contributed by atoms with Gasteiger partial charge in [-0.3, -0.25) is 4.79 Å². The molecule has 0 heterocycles. The molecule has 3 N–H and O–H groups in total. The zero-order valence-corrected chi connectivity index (χ0v) is 16.9. The number of nitrogens with one attached hydrogen (secondary N) is 1. The second-order valence-corrected chi connectivity index (χ2v) is 6.63. The highest BCUT2D eigenvalue weighted by Gasteiger charge is 2.24. The standard InChI is InChI=1S/C24H22N2O2S/c1-28-20-14-8-13-19(15-20)26-23(18-11-6-3-7-12-18)24(27)22(25)21(16-29)17-9-4-2-5-10-17/h2-16,23,26H,25H2,1H3. The van der Waals surface area contributed by atoms with E-state index >= 15 is 0 Å². The minimum absolute atomic E-state index is 0.121. The number of Topliss-reactive ketones (excluding diaryl/α,β-unsaturated/α-hetero) is 1. The topological polar surface area (TPSA) is 64.3 Å². The van der Waals surface area contributed by atoms with Gasteiger partial charge in [0.1, 0.15) is 11.8 Å². The molecule has 0 aliphatic carbocycles. The van der Waals surface area contributed by atoms with Crippen molar-refractivity contribution in [1.29, 1.82) is 0 Å². The lowest BCUT2D eigenvalue weighted by Gasteiger charge is -2.21. The predicted octanol–water partition coefficient (Wildman–Crippen LogP) is 4.79. The molecule has 0 bridgehead atoms. The number of rotatable bonds is 8. The van der Waals surface area contributed by atoms with Gasteiger partial charge in [0, 0.05) is 22.7 Å². The van der Waals surface area contributed by atoms with Crippen molar-refractivity contribution in [3.63, 3.8) is 0 Å². The van der Waals surface area contributed by atoms with E-state index in [1.54, 1.807) is 7.11 Å². The summed E-state index contributed by atoms with van der Waals surface area (Å²) in [6.45, 7) is 0. The first-order valence-electron chi connectivity index (χ1n) is 9.14. The molecule has 0 spiro atoms. The fraction of sp³-hybridized carbons (Fsp3) is 0.0833. The first kappa shape index (κ1) is 20.3. The Morgan fingerprint density at radius 3 is 2.28 bits per heavy atom. The molecule has 5 heteroatoms. The largest absolute Gasteiger partial charge is 0.497 e. The molecule has 3 aromatic carbocycles. The van der Waals surface area contributed by atoms with Crippen LogP contribution in [-0.4, -0.2) is 18.3 Å². The van der Waals surface area contributed by atoms with Crippen molar-refractivity contribution < 1.29 is 9.53 Å². The molecule has 0 aliphatic heterocycles. The Labute approximate surface area is 176 Å². The number of ether oxygens (including phenoxy) is 1. The number of hydrogen-bond donors (Lipinski definition) is 2. The highest BCUT2D eigenvalue weighted by Crippen LogP contribution is 2.27. The number of carbonyl (C=O) groups excluding carboxylic acids is 1. The minimum Gasteiger partial charge on any atom is -0.497 e. The average molecular weight is 403 g/mol. The molecular formula is C24H22N2O2S. The number of nitrogens with two attached hydrogens (primary N) is 1. The van der Waals surface area contributed by atoms with E-state index in [0.29, 0.717) is 11.3 Å².